The average Bonchev–Trinajstić information content (AvgIpc) is 2.89. The molecule has 26 heavy (non-hydrogen) atoms. The Morgan fingerprint density at radius 2 is 2.12 bits per heavy atom. The number of carboxylic acid groups (broad SMARTS) is 1. The smallest absolute Gasteiger partial charge is 0.328 e. The lowest BCUT2D eigenvalue weighted by atomic mass is 9.96. The summed E-state index contributed by atoms with van der Waals surface area (Å²) in [7, 11) is 0. The molecule has 144 valence electrons. The van der Waals surface area contributed by atoms with E-state index in [4.69, 9.17) is 10.2 Å². The van der Waals surface area contributed by atoms with Gasteiger partial charge in [0.2, 0.25) is 11.8 Å². The number of nitrogens with one attached hydrogen (secondary N) is 2. The second-order valence-electron chi connectivity index (χ2n) is 6.37. The van der Waals surface area contributed by atoms with Gasteiger partial charge in [-0.1, -0.05) is 0 Å². The lowest BCUT2D eigenvalue weighted by Gasteiger charge is -2.31. The van der Waals surface area contributed by atoms with Crippen molar-refractivity contribution in [1.82, 2.24) is 15.2 Å². The van der Waals surface area contributed by atoms with Gasteiger partial charge >= 0.3 is 5.97 Å². The number of carbonyl (C=O) groups is 3. The van der Waals surface area contributed by atoms with Gasteiger partial charge in [-0.05, 0) is 33.2 Å². The zero-order valence-corrected chi connectivity index (χ0v) is 15.6. The van der Waals surface area contributed by atoms with Crippen LogP contribution in [0.25, 0.3) is 0 Å². The fraction of sp³-hybridized carbons (Fsp3) is 0.625. The van der Waals surface area contributed by atoms with Crippen molar-refractivity contribution in [3.8, 4) is 0 Å². The monoisotopic (exact) mass is 384 g/mol. The van der Waals surface area contributed by atoms with Crippen LogP contribution in [-0.2, 0) is 14.4 Å². The Balaban J connectivity index is 1.86. The molecule has 2 rings (SSSR count). The second-order valence-corrected chi connectivity index (χ2v) is 7.57. The Morgan fingerprint density at radius 3 is 2.69 bits per heavy atom. The highest BCUT2D eigenvalue weighted by Gasteiger charge is 2.29. The summed E-state index contributed by atoms with van der Waals surface area (Å²) < 4.78 is 0. The number of piperidine rings is 1. The van der Waals surface area contributed by atoms with Crippen LogP contribution < -0.4 is 10.6 Å². The van der Waals surface area contributed by atoms with Crippen LogP contribution in [0.2, 0.25) is 0 Å². The largest absolute Gasteiger partial charge is 0.480 e. The van der Waals surface area contributed by atoms with Gasteiger partial charge in [-0.15, -0.1) is 11.3 Å². The number of aromatic nitrogens is 1. The highest BCUT2D eigenvalue weighted by molar-refractivity contribution is 7.15. The van der Waals surface area contributed by atoms with E-state index >= 15 is 0 Å². The Hall–Kier alpha value is -2.04. The summed E-state index contributed by atoms with van der Waals surface area (Å²) in [5.41, 5.74) is 0.886. The van der Waals surface area contributed by atoms with Crippen LogP contribution in [0.4, 0.5) is 5.13 Å². The summed E-state index contributed by atoms with van der Waals surface area (Å²) in [5.74, 6) is -2.29. The molecule has 2 unspecified atom stereocenters. The summed E-state index contributed by atoms with van der Waals surface area (Å²) in [6.07, 6.45) is 1.35. The van der Waals surface area contributed by atoms with Gasteiger partial charge in [-0.2, -0.15) is 0 Å². The Morgan fingerprint density at radius 1 is 1.38 bits per heavy atom. The molecule has 1 aliphatic heterocycles. The topological polar surface area (TPSA) is 132 Å². The number of rotatable bonds is 7. The standard InChI is InChI=1S/C16H24N4O5S/c1-9-10(2)26-16(17-9)19-13(22)7-20-5-3-4-11(6-20)14(23)18-12(8-21)15(24)25/h11-12,21H,3-8H2,1-2H3,(H,18,23)(H,24,25)(H,17,19,22). The fourth-order valence-corrected chi connectivity index (χ4v) is 3.61. The maximum Gasteiger partial charge on any atom is 0.328 e. The zero-order chi connectivity index (χ0) is 19.3. The first-order chi connectivity index (χ1) is 12.3. The third kappa shape index (κ3) is 5.48. The molecule has 4 N–H and O–H groups in total. The first-order valence-electron chi connectivity index (χ1n) is 8.40. The van der Waals surface area contributed by atoms with Crippen LogP contribution in [0, 0.1) is 19.8 Å². The third-order valence-corrected chi connectivity index (χ3v) is 5.30. The molecule has 2 heterocycles. The van der Waals surface area contributed by atoms with E-state index in [0.29, 0.717) is 24.6 Å². The number of amides is 2. The van der Waals surface area contributed by atoms with Gasteiger partial charge in [0.25, 0.3) is 0 Å². The minimum atomic E-state index is -1.31. The lowest BCUT2D eigenvalue weighted by Crippen LogP contribution is -2.50. The number of carboxylic acids is 1. The van der Waals surface area contributed by atoms with Crippen LogP contribution in [-0.4, -0.2) is 70.2 Å². The molecule has 9 nitrogen and oxygen atoms in total. The molecular weight excluding hydrogens is 360 g/mol. The summed E-state index contributed by atoms with van der Waals surface area (Å²) in [5, 5.41) is 23.6. The zero-order valence-electron chi connectivity index (χ0n) is 14.8. The molecule has 1 aromatic heterocycles. The van der Waals surface area contributed by atoms with Crippen LogP contribution in [0.5, 0.6) is 0 Å². The minimum absolute atomic E-state index is 0.143. The normalized spacial score (nSPS) is 19.0. The van der Waals surface area contributed by atoms with E-state index in [-0.39, 0.29) is 12.5 Å². The van der Waals surface area contributed by atoms with Gasteiger partial charge in [0, 0.05) is 11.4 Å². The SMILES string of the molecule is Cc1nc(NC(=O)CN2CCCC(C(=O)NC(CO)C(=O)O)C2)sc1C. The van der Waals surface area contributed by atoms with Gasteiger partial charge in [-0.25, -0.2) is 9.78 Å². The molecule has 1 aliphatic rings. The van der Waals surface area contributed by atoms with E-state index in [0.717, 1.165) is 17.0 Å². The van der Waals surface area contributed by atoms with Crippen molar-refractivity contribution in [1.29, 1.82) is 0 Å². The van der Waals surface area contributed by atoms with Crippen molar-refractivity contribution in [2.24, 2.45) is 5.92 Å². The molecule has 0 radical (unpaired) electrons. The Labute approximate surface area is 155 Å². The second kappa shape index (κ2) is 9.06. The van der Waals surface area contributed by atoms with Gasteiger partial charge in [0.1, 0.15) is 6.04 Å². The number of aryl methyl sites for hydroxylation is 2. The third-order valence-electron chi connectivity index (χ3n) is 4.32. The average molecular weight is 384 g/mol. The molecule has 10 heteroatoms. The summed E-state index contributed by atoms with van der Waals surface area (Å²) >= 11 is 1.42. The highest BCUT2D eigenvalue weighted by atomic mass is 32.1. The van der Waals surface area contributed by atoms with Crippen LogP contribution in [0.15, 0.2) is 0 Å². The number of thiazole rings is 1. The maximum atomic E-state index is 12.2. The number of anilines is 1. The Bertz CT molecular complexity index is 658. The first kappa shape index (κ1) is 20.3. The van der Waals surface area contributed by atoms with E-state index in [1.165, 1.54) is 11.3 Å². The van der Waals surface area contributed by atoms with Gasteiger partial charge < -0.3 is 20.8 Å². The quantitative estimate of drug-likeness (QED) is 0.519. The van der Waals surface area contributed by atoms with Gasteiger partial charge in [0.05, 0.1) is 24.8 Å². The number of hydrogen-bond acceptors (Lipinski definition) is 7. The highest BCUT2D eigenvalue weighted by Crippen LogP contribution is 2.21. The number of aliphatic hydroxyl groups excluding tert-OH is 1. The van der Waals surface area contributed by atoms with E-state index in [2.05, 4.69) is 15.6 Å². The van der Waals surface area contributed by atoms with E-state index < -0.39 is 30.4 Å². The number of aliphatic hydroxyl groups is 1. The molecule has 2 amide bonds. The van der Waals surface area contributed by atoms with Crippen molar-refractivity contribution < 1.29 is 24.6 Å². The molecule has 1 aromatic rings. The number of nitrogens with zero attached hydrogens (tertiary/aromatic N) is 2. The van der Waals surface area contributed by atoms with E-state index in [1.54, 1.807) is 0 Å². The van der Waals surface area contributed by atoms with Crippen molar-refractivity contribution >= 4 is 34.3 Å². The molecule has 0 aromatic carbocycles. The molecule has 0 aliphatic carbocycles. The van der Waals surface area contributed by atoms with Crippen LogP contribution >= 0.6 is 11.3 Å². The van der Waals surface area contributed by atoms with Gasteiger partial charge in [0.15, 0.2) is 5.13 Å². The molecule has 1 saturated heterocycles. The molecule has 0 saturated carbocycles. The number of carbonyl (C=O) groups excluding carboxylic acids is 2. The van der Waals surface area contributed by atoms with Crippen molar-refractivity contribution in [2.75, 3.05) is 31.6 Å². The predicted molar refractivity (Wildman–Crippen MR) is 96.0 cm³/mol. The predicted octanol–water partition coefficient (Wildman–Crippen LogP) is -0.0279. The van der Waals surface area contributed by atoms with Crippen LogP contribution in [0.3, 0.4) is 0 Å². The van der Waals surface area contributed by atoms with Crippen molar-refractivity contribution in [3.05, 3.63) is 10.6 Å². The molecule has 2 atom stereocenters. The number of likely N-dealkylation sites (tertiary alicyclic amines) is 1. The summed E-state index contributed by atoms with van der Waals surface area (Å²) in [6.45, 7) is 4.36. The van der Waals surface area contributed by atoms with Crippen molar-refractivity contribution in [2.45, 2.75) is 32.7 Å². The lowest BCUT2D eigenvalue weighted by molar-refractivity contribution is -0.144. The first-order valence-corrected chi connectivity index (χ1v) is 9.22. The summed E-state index contributed by atoms with van der Waals surface area (Å²) in [6, 6.07) is -1.31. The number of aliphatic carboxylic acids is 1. The molecule has 0 spiro atoms. The summed E-state index contributed by atoms with van der Waals surface area (Å²) in [4.78, 5) is 42.5. The van der Waals surface area contributed by atoms with Gasteiger partial charge in [-0.3, -0.25) is 14.5 Å². The van der Waals surface area contributed by atoms with Crippen LogP contribution in [0.1, 0.15) is 23.4 Å². The van der Waals surface area contributed by atoms with Crippen molar-refractivity contribution in [3.63, 3.8) is 0 Å². The maximum absolute atomic E-state index is 12.2. The number of hydrogen-bond donors (Lipinski definition) is 4. The van der Waals surface area contributed by atoms with E-state index in [1.807, 2.05) is 18.7 Å². The Kier molecular flexibility index (Phi) is 7.06. The molecule has 1 fully saturated rings. The molecule has 0 bridgehead atoms. The molecular formula is C16H24N4O5S. The fourth-order valence-electron chi connectivity index (χ4n) is 2.78. The van der Waals surface area contributed by atoms with E-state index in [9.17, 15) is 14.4 Å². The minimum Gasteiger partial charge on any atom is -0.480 e.